The SMILES string of the molecule is O=C(NCCc1ncc(-c2ccc(F)cc2)[nH]1)Nc1cccnc1. The van der Waals surface area contributed by atoms with E-state index in [1.54, 1.807) is 42.9 Å². The number of hydrogen-bond donors (Lipinski definition) is 3. The second-order valence-electron chi connectivity index (χ2n) is 5.12. The number of urea groups is 1. The van der Waals surface area contributed by atoms with Crippen LogP contribution in [0.2, 0.25) is 0 Å². The molecule has 0 unspecified atom stereocenters. The lowest BCUT2D eigenvalue weighted by Gasteiger charge is -2.06. The predicted octanol–water partition coefficient (Wildman–Crippen LogP) is 2.98. The number of aromatic nitrogens is 3. The average Bonchev–Trinajstić information content (AvgIpc) is 3.05. The van der Waals surface area contributed by atoms with E-state index in [4.69, 9.17) is 0 Å². The van der Waals surface area contributed by atoms with Crippen molar-refractivity contribution in [3.05, 3.63) is 66.6 Å². The van der Waals surface area contributed by atoms with Crippen LogP contribution in [0.4, 0.5) is 14.9 Å². The highest BCUT2D eigenvalue weighted by Gasteiger charge is 2.05. The molecule has 0 spiro atoms. The summed E-state index contributed by atoms with van der Waals surface area (Å²) in [5, 5.41) is 5.43. The van der Waals surface area contributed by atoms with E-state index in [-0.39, 0.29) is 11.8 Å². The number of nitrogens with one attached hydrogen (secondary N) is 3. The van der Waals surface area contributed by atoms with Crippen LogP contribution in [0.1, 0.15) is 5.82 Å². The number of anilines is 1. The maximum absolute atomic E-state index is 12.9. The molecule has 6 nitrogen and oxygen atoms in total. The minimum absolute atomic E-state index is 0.276. The van der Waals surface area contributed by atoms with Crippen molar-refractivity contribution in [3.8, 4) is 11.3 Å². The molecule has 2 heterocycles. The molecule has 0 radical (unpaired) electrons. The number of pyridine rings is 1. The van der Waals surface area contributed by atoms with E-state index in [2.05, 4.69) is 25.6 Å². The van der Waals surface area contributed by atoms with E-state index in [0.717, 1.165) is 17.1 Å². The van der Waals surface area contributed by atoms with Gasteiger partial charge in [0.2, 0.25) is 0 Å². The van der Waals surface area contributed by atoms with Gasteiger partial charge in [0.15, 0.2) is 0 Å². The van der Waals surface area contributed by atoms with Crippen LogP contribution in [0.25, 0.3) is 11.3 Å². The second-order valence-corrected chi connectivity index (χ2v) is 5.12. The van der Waals surface area contributed by atoms with Crippen molar-refractivity contribution in [1.82, 2.24) is 20.3 Å². The molecule has 0 fully saturated rings. The number of benzene rings is 1. The molecule has 2 amide bonds. The van der Waals surface area contributed by atoms with Gasteiger partial charge in [-0.1, -0.05) is 0 Å². The first-order valence-corrected chi connectivity index (χ1v) is 7.45. The average molecular weight is 325 g/mol. The number of hydrogen-bond acceptors (Lipinski definition) is 3. The summed E-state index contributed by atoms with van der Waals surface area (Å²) < 4.78 is 12.9. The number of carbonyl (C=O) groups is 1. The Balaban J connectivity index is 1.49. The number of H-pyrrole nitrogens is 1. The first-order valence-electron chi connectivity index (χ1n) is 7.45. The summed E-state index contributed by atoms with van der Waals surface area (Å²) in [7, 11) is 0. The van der Waals surface area contributed by atoms with Gasteiger partial charge in [0.1, 0.15) is 11.6 Å². The molecule has 1 aromatic carbocycles. The van der Waals surface area contributed by atoms with Crippen LogP contribution in [-0.2, 0) is 6.42 Å². The van der Waals surface area contributed by atoms with Gasteiger partial charge >= 0.3 is 6.03 Å². The molecule has 0 saturated heterocycles. The highest BCUT2D eigenvalue weighted by molar-refractivity contribution is 5.88. The Labute approximate surface area is 138 Å². The molecule has 0 bridgehead atoms. The van der Waals surface area contributed by atoms with E-state index in [0.29, 0.717) is 18.7 Å². The standard InChI is InChI=1S/C17H16FN5O/c18-13-5-3-12(4-6-13)15-11-21-16(23-15)7-9-20-17(24)22-14-2-1-8-19-10-14/h1-6,8,10-11H,7,9H2,(H,21,23)(H2,20,22,24). The lowest BCUT2D eigenvalue weighted by Crippen LogP contribution is -2.30. The Morgan fingerprint density at radius 3 is 2.75 bits per heavy atom. The summed E-state index contributed by atoms with van der Waals surface area (Å²) in [5.41, 5.74) is 2.30. The highest BCUT2D eigenvalue weighted by Crippen LogP contribution is 2.17. The molecule has 7 heteroatoms. The Morgan fingerprint density at radius 2 is 2.00 bits per heavy atom. The fraction of sp³-hybridized carbons (Fsp3) is 0.118. The predicted molar refractivity (Wildman–Crippen MR) is 88.9 cm³/mol. The van der Waals surface area contributed by atoms with Crippen LogP contribution in [0.15, 0.2) is 55.0 Å². The number of nitrogens with zero attached hydrogens (tertiary/aromatic N) is 2. The number of carbonyl (C=O) groups excluding carboxylic acids is 1. The van der Waals surface area contributed by atoms with E-state index in [1.165, 1.54) is 12.1 Å². The fourth-order valence-corrected chi connectivity index (χ4v) is 2.17. The van der Waals surface area contributed by atoms with E-state index < -0.39 is 0 Å². The number of aromatic amines is 1. The van der Waals surface area contributed by atoms with Gasteiger partial charge in [-0.3, -0.25) is 4.98 Å². The van der Waals surface area contributed by atoms with Crippen LogP contribution >= 0.6 is 0 Å². The van der Waals surface area contributed by atoms with Crippen molar-refractivity contribution in [3.63, 3.8) is 0 Å². The zero-order valence-corrected chi connectivity index (χ0v) is 12.8. The topological polar surface area (TPSA) is 82.7 Å². The maximum Gasteiger partial charge on any atom is 0.319 e. The van der Waals surface area contributed by atoms with Crippen molar-refractivity contribution in [2.45, 2.75) is 6.42 Å². The van der Waals surface area contributed by atoms with Crippen LogP contribution < -0.4 is 10.6 Å². The third kappa shape index (κ3) is 4.16. The minimum Gasteiger partial charge on any atom is -0.342 e. The molecule has 0 saturated carbocycles. The number of imidazole rings is 1. The zero-order valence-electron chi connectivity index (χ0n) is 12.8. The lowest BCUT2D eigenvalue weighted by atomic mass is 10.2. The van der Waals surface area contributed by atoms with Gasteiger partial charge in [0, 0.05) is 19.2 Å². The van der Waals surface area contributed by atoms with Crippen LogP contribution in [0.3, 0.4) is 0 Å². The fourth-order valence-electron chi connectivity index (χ4n) is 2.17. The molecule has 0 atom stereocenters. The summed E-state index contributed by atoms with van der Waals surface area (Å²) in [6.07, 6.45) is 5.46. The van der Waals surface area contributed by atoms with Crippen LogP contribution in [-0.4, -0.2) is 27.5 Å². The monoisotopic (exact) mass is 325 g/mol. The Hall–Kier alpha value is -3.22. The van der Waals surface area contributed by atoms with Crippen molar-refractivity contribution in [2.24, 2.45) is 0 Å². The first kappa shape index (κ1) is 15.7. The Kier molecular flexibility index (Phi) is 4.81. The molecular formula is C17H16FN5O. The summed E-state index contributed by atoms with van der Waals surface area (Å²) in [6, 6.07) is 9.38. The molecule has 3 rings (SSSR count). The van der Waals surface area contributed by atoms with Gasteiger partial charge < -0.3 is 15.6 Å². The van der Waals surface area contributed by atoms with E-state index in [1.807, 2.05) is 0 Å². The quantitative estimate of drug-likeness (QED) is 0.674. The number of amides is 2. The van der Waals surface area contributed by atoms with Gasteiger partial charge in [0.25, 0.3) is 0 Å². The van der Waals surface area contributed by atoms with Crippen molar-refractivity contribution in [1.29, 1.82) is 0 Å². The third-order valence-corrected chi connectivity index (χ3v) is 3.35. The van der Waals surface area contributed by atoms with E-state index in [9.17, 15) is 9.18 Å². The van der Waals surface area contributed by atoms with Gasteiger partial charge in [-0.25, -0.2) is 14.2 Å². The van der Waals surface area contributed by atoms with Crippen molar-refractivity contribution >= 4 is 11.7 Å². The molecule has 0 aliphatic carbocycles. The van der Waals surface area contributed by atoms with Crippen LogP contribution in [0, 0.1) is 5.82 Å². The zero-order chi connectivity index (χ0) is 16.8. The van der Waals surface area contributed by atoms with Gasteiger partial charge in [-0.2, -0.15) is 0 Å². The normalized spacial score (nSPS) is 10.4. The van der Waals surface area contributed by atoms with Crippen LogP contribution in [0.5, 0.6) is 0 Å². The highest BCUT2D eigenvalue weighted by atomic mass is 19.1. The smallest absolute Gasteiger partial charge is 0.319 e. The summed E-state index contributed by atoms with van der Waals surface area (Å²) in [6.45, 7) is 0.433. The molecule has 0 aliphatic rings. The van der Waals surface area contributed by atoms with Crippen molar-refractivity contribution < 1.29 is 9.18 Å². The molecular weight excluding hydrogens is 309 g/mol. The summed E-state index contributed by atoms with van der Waals surface area (Å²) in [5.74, 6) is 0.471. The number of halogens is 1. The Bertz CT molecular complexity index is 801. The van der Waals surface area contributed by atoms with E-state index >= 15 is 0 Å². The molecule has 3 aromatic rings. The Morgan fingerprint density at radius 1 is 1.17 bits per heavy atom. The van der Waals surface area contributed by atoms with Gasteiger partial charge in [-0.05, 0) is 42.0 Å². The second kappa shape index (κ2) is 7.36. The third-order valence-electron chi connectivity index (χ3n) is 3.35. The molecule has 2 aromatic heterocycles. The van der Waals surface area contributed by atoms with Gasteiger partial charge in [0.05, 0.1) is 23.8 Å². The number of rotatable bonds is 5. The lowest BCUT2D eigenvalue weighted by molar-refractivity contribution is 0.252. The largest absolute Gasteiger partial charge is 0.342 e. The van der Waals surface area contributed by atoms with Crippen molar-refractivity contribution in [2.75, 3.05) is 11.9 Å². The molecule has 24 heavy (non-hydrogen) atoms. The summed E-state index contributed by atoms with van der Waals surface area (Å²) in [4.78, 5) is 23.1. The van der Waals surface area contributed by atoms with Gasteiger partial charge in [-0.15, -0.1) is 0 Å². The molecule has 0 aliphatic heterocycles. The maximum atomic E-state index is 12.9. The molecule has 3 N–H and O–H groups in total. The first-order chi connectivity index (χ1) is 11.7. The molecule has 122 valence electrons. The minimum atomic E-state index is -0.298. The summed E-state index contributed by atoms with van der Waals surface area (Å²) >= 11 is 0.